The van der Waals surface area contributed by atoms with Crippen molar-refractivity contribution in [1.82, 2.24) is 4.68 Å². The van der Waals surface area contributed by atoms with E-state index in [1.807, 2.05) is 41.7 Å². The molecule has 13 heavy (non-hydrogen) atoms. The number of rotatable bonds is 0. The summed E-state index contributed by atoms with van der Waals surface area (Å²) >= 11 is 0. The van der Waals surface area contributed by atoms with Crippen LogP contribution in [0.15, 0.2) is 18.2 Å². The molecule has 2 aromatic rings. The number of aryl methyl sites for hydroxylation is 1. The molecule has 3 nitrogen and oxygen atoms in total. The Bertz CT molecular complexity index is 473. The Hall–Kier alpha value is -1.45. The maximum absolute atomic E-state index is 5.89. The van der Waals surface area contributed by atoms with Gasteiger partial charge in [-0.3, -0.25) is 5.73 Å². The van der Waals surface area contributed by atoms with Crippen LogP contribution in [0.1, 0.15) is 0 Å². The number of nitrogens with zero attached hydrogens (tertiary/aromatic N) is 2. The minimum absolute atomic E-state index is 0.741. The summed E-state index contributed by atoms with van der Waals surface area (Å²) in [6.07, 6.45) is 0. The van der Waals surface area contributed by atoms with Crippen molar-refractivity contribution in [2.75, 3.05) is 5.73 Å². The van der Waals surface area contributed by atoms with Crippen LogP contribution in [0.2, 0.25) is 0 Å². The number of nitrogens with two attached hydrogens (primary N) is 1. The molecule has 0 bridgehead atoms. The van der Waals surface area contributed by atoms with Gasteiger partial charge in [0.1, 0.15) is 14.9 Å². The predicted molar refractivity (Wildman–Crippen MR) is 53.9 cm³/mol. The Morgan fingerprint density at radius 1 is 1.46 bits per heavy atom. The van der Waals surface area contributed by atoms with Crippen molar-refractivity contribution in [3.8, 4) is 0 Å². The van der Waals surface area contributed by atoms with Gasteiger partial charge in [0.2, 0.25) is 0 Å². The van der Waals surface area contributed by atoms with Crippen molar-refractivity contribution in [3.63, 3.8) is 0 Å². The summed E-state index contributed by atoms with van der Waals surface area (Å²) in [7, 11) is 9.70. The summed E-state index contributed by atoms with van der Waals surface area (Å²) in [5.41, 5.74) is 7.64. The highest BCUT2D eigenvalue weighted by molar-refractivity contribution is 6.38. The Morgan fingerprint density at radius 2 is 2.15 bits per heavy atom. The van der Waals surface area contributed by atoms with E-state index in [4.69, 9.17) is 13.6 Å². The smallest absolute Gasteiger partial charge is 0.285 e. The van der Waals surface area contributed by atoms with Gasteiger partial charge in [0.15, 0.2) is 0 Å². The highest BCUT2D eigenvalue weighted by Crippen LogP contribution is 2.14. The third-order valence-corrected chi connectivity index (χ3v) is 2.47. The van der Waals surface area contributed by atoms with E-state index < -0.39 is 0 Å². The second-order valence-corrected chi connectivity index (χ2v) is 3.18. The highest BCUT2D eigenvalue weighted by Gasteiger charge is 2.14. The Morgan fingerprint density at radius 3 is 2.77 bits per heavy atom. The van der Waals surface area contributed by atoms with Gasteiger partial charge >= 0.3 is 5.82 Å². The highest BCUT2D eigenvalue weighted by atomic mass is 15.4. The van der Waals surface area contributed by atoms with Gasteiger partial charge in [-0.2, -0.15) is 4.68 Å². The molecule has 2 rings (SSSR count). The molecule has 0 saturated carbocycles. The number of hydrogen-bond donors (Lipinski definition) is 1. The van der Waals surface area contributed by atoms with Crippen molar-refractivity contribution in [1.29, 1.82) is 0 Å². The number of hydrogen-bond acceptors (Lipinski definition) is 1. The number of nitrogen functional groups attached to an aromatic ring is 1. The SMILES string of the molecule is [B]c1cccc2c(N)[n+](C)n(C)c12. The monoisotopic (exact) mass is 172 g/mol. The number of aromatic nitrogens is 2. The number of anilines is 1. The van der Waals surface area contributed by atoms with Crippen LogP contribution in [0.25, 0.3) is 10.9 Å². The van der Waals surface area contributed by atoms with E-state index in [1.54, 1.807) is 0 Å². The maximum atomic E-state index is 5.89. The van der Waals surface area contributed by atoms with Crippen LogP contribution in [0.4, 0.5) is 5.82 Å². The first-order valence-corrected chi connectivity index (χ1v) is 4.11. The van der Waals surface area contributed by atoms with Gasteiger partial charge in [-0.25, -0.2) is 4.68 Å². The fourth-order valence-electron chi connectivity index (χ4n) is 1.62. The molecule has 4 heteroatoms. The molecule has 1 aromatic heterocycles. The molecule has 0 aliphatic heterocycles. The third kappa shape index (κ3) is 0.947. The van der Waals surface area contributed by atoms with E-state index in [2.05, 4.69) is 0 Å². The summed E-state index contributed by atoms with van der Waals surface area (Å²) in [6, 6.07) is 5.76. The van der Waals surface area contributed by atoms with Gasteiger partial charge in [-0.15, -0.1) is 0 Å². The topological polar surface area (TPSA) is 34.8 Å². The number of benzene rings is 1. The zero-order chi connectivity index (χ0) is 9.59. The van der Waals surface area contributed by atoms with Crippen molar-refractivity contribution < 1.29 is 4.68 Å². The number of para-hydroxylation sites is 1. The van der Waals surface area contributed by atoms with E-state index in [0.29, 0.717) is 0 Å². The zero-order valence-corrected chi connectivity index (χ0v) is 7.78. The van der Waals surface area contributed by atoms with Gasteiger partial charge in [0, 0.05) is 7.05 Å². The summed E-state index contributed by atoms with van der Waals surface area (Å²) in [5, 5.41) is 1.00. The third-order valence-electron chi connectivity index (χ3n) is 2.47. The lowest BCUT2D eigenvalue weighted by Crippen LogP contribution is -2.39. The average molecular weight is 172 g/mol. The lowest BCUT2D eigenvalue weighted by molar-refractivity contribution is -0.735. The molecule has 0 spiro atoms. The van der Waals surface area contributed by atoms with Crippen LogP contribution in [0.3, 0.4) is 0 Å². The minimum atomic E-state index is 0.741. The van der Waals surface area contributed by atoms with Gasteiger partial charge in [0.25, 0.3) is 0 Å². The van der Waals surface area contributed by atoms with Crippen LogP contribution in [0.5, 0.6) is 0 Å². The largest absolute Gasteiger partial charge is 0.300 e. The molecule has 0 amide bonds. The summed E-state index contributed by atoms with van der Waals surface area (Å²) in [6.45, 7) is 0. The van der Waals surface area contributed by atoms with Gasteiger partial charge in [-0.05, 0) is 6.07 Å². The Labute approximate surface area is 78.2 Å². The van der Waals surface area contributed by atoms with Crippen molar-refractivity contribution >= 4 is 30.0 Å². The second kappa shape index (κ2) is 2.52. The van der Waals surface area contributed by atoms with Gasteiger partial charge < -0.3 is 0 Å². The molecule has 64 valence electrons. The molecule has 0 atom stereocenters. The summed E-state index contributed by atoms with van der Waals surface area (Å²) in [5.74, 6) is 0.741. The van der Waals surface area contributed by atoms with Crippen LogP contribution in [-0.2, 0) is 14.1 Å². The van der Waals surface area contributed by atoms with Crippen molar-refractivity contribution in [2.45, 2.75) is 0 Å². The fourth-order valence-corrected chi connectivity index (χ4v) is 1.62. The first-order chi connectivity index (χ1) is 6.13. The van der Waals surface area contributed by atoms with Gasteiger partial charge in [0.05, 0.1) is 10.9 Å². The average Bonchev–Trinajstić information content (AvgIpc) is 2.33. The zero-order valence-electron chi connectivity index (χ0n) is 7.78. The molecule has 0 unspecified atom stereocenters. The molecule has 1 aromatic carbocycles. The first kappa shape index (κ1) is 8.17. The van der Waals surface area contributed by atoms with Crippen LogP contribution in [0, 0.1) is 0 Å². The second-order valence-electron chi connectivity index (χ2n) is 3.18. The van der Waals surface area contributed by atoms with Crippen molar-refractivity contribution in [3.05, 3.63) is 18.2 Å². The summed E-state index contributed by atoms with van der Waals surface area (Å²) < 4.78 is 3.82. The molecule has 1 heterocycles. The lowest BCUT2D eigenvalue weighted by Gasteiger charge is -1.98. The molecule has 2 N–H and O–H groups in total. The van der Waals surface area contributed by atoms with Gasteiger partial charge in [-0.1, -0.05) is 17.6 Å². The lowest BCUT2D eigenvalue weighted by atomic mass is 9.94. The molecule has 0 aliphatic rings. The fraction of sp³-hybridized carbons (Fsp3) is 0.222. The van der Waals surface area contributed by atoms with E-state index in [1.165, 1.54) is 0 Å². The van der Waals surface area contributed by atoms with E-state index in [0.717, 1.165) is 22.2 Å². The van der Waals surface area contributed by atoms with E-state index in [9.17, 15) is 0 Å². The quantitative estimate of drug-likeness (QED) is 0.417. The first-order valence-electron chi connectivity index (χ1n) is 4.11. The predicted octanol–water partition coefficient (Wildman–Crippen LogP) is -0.621. The molecule has 0 aliphatic carbocycles. The number of fused-ring (bicyclic) bond motifs is 1. The normalized spacial score (nSPS) is 10.9. The molecular formula is C9H11BN3+. The molecule has 2 radical (unpaired) electrons. The van der Waals surface area contributed by atoms with E-state index in [-0.39, 0.29) is 0 Å². The van der Waals surface area contributed by atoms with Crippen molar-refractivity contribution in [2.24, 2.45) is 14.1 Å². The molecule has 0 saturated heterocycles. The minimum Gasteiger partial charge on any atom is -0.285 e. The summed E-state index contributed by atoms with van der Waals surface area (Å²) in [4.78, 5) is 0. The van der Waals surface area contributed by atoms with Crippen LogP contribution >= 0.6 is 0 Å². The standard InChI is InChI=1S/C9H10BN3/c1-12-8-6(9(11)13(12)2)4-3-5-7(8)10/h3-5,11H,1-2H3/p+1. The Balaban J connectivity index is 3.03. The maximum Gasteiger partial charge on any atom is 0.300 e. The molecule has 0 fully saturated rings. The van der Waals surface area contributed by atoms with Crippen LogP contribution < -0.4 is 15.9 Å². The molecular weight excluding hydrogens is 161 g/mol. The van der Waals surface area contributed by atoms with E-state index >= 15 is 0 Å². The Kier molecular flexibility index (Phi) is 1.58. The van der Waals surface area contributed by atoms with Crippen LogP contribution in [-0.4, -0.2) is 12.5 Å².